The zero-order valence-electron chi connectivity index (χ0n) is 17.1. The first-order valence-corrected chi connectivity index (χ1v) is 11.0. The van der Waals surface area contributed by atoms with E-state index >= 15 is 0 Å². The molecule has 2 heterocycles. The highest BCUT2D eigenvalue weighted by molar-refractivity contribution is 7.99. The quantitative estimate of drug-likeness (QED) is 0.359. The van der Waals surface area contributed by atoms with E-state index in [4.69, 9.17) is 11.6 Å². The van der Waals surface area contributed by atoms with Crippen molar-refractivity contribution in [1.82, 2.24) is 19.6 Å². The van der Waals surface area contributed by atoms with Crippen LogP contribution in [0.1, 0.15) is 24.6 Å². The minimum Gasteiger partial charge on any atom is -0.308 e. The number of aromatic nitrogens is 4. The Morgan fingerprint density at radius 2 is 1.90 bits per heavy atom. The minimum absolute atomic E-state index is 0.331. The third kappa shape index (κ3) is 4.98. The predicted molar refractivity (Wildman–Crippen MR) is 124 cm³/mol. The van der Waals surface area contributed by atoms with E-state index in [9.17, 15) is 4.79 Å². The van der Waals surface area contributed by atoms with Crippen LogP contribution in [0.4, 0.5) is 16.2 Å². The molecule has 0 bridgehead atoms. The second-order valence-electron chi connectivity index (χ2n) is 6.92. The van der Waals surface area contributed by atoms with Crippen LogP contribution in [0.25, 0.3) is 5.78 Å². The Bertz CT molecular complexity index is 1220. The van der Waals surface area contributed by atoms with Crippen molar-refractivity contribution in [2.24, 2.45) is 0 Å². The van der Waals surface area contributed by atoms with E-state index in [1.807, 2.05) is 31.2 Å². The summed E-state index contributed by atoms with van der Waals surface area (Å²) in [5.41, 5.74) is 3.47. The van der Waals surface area contributed by atoms with Gasteiger partial charge in [-0.25, -0.2) is 9.78 Å². The number of carbonyl (C=O) groups excluding carboxylic acids is 1. The van der Waals surface area contributed by atoms with Crippen LogP contribution in [0.2, 0.25) is 5.02 Å². The Labute approximate surface area is 189 Å². The number of rotatable bonds is 6. The average Bonchev–Trinajstić information content (AvgIpc) is 3.20. The van der Waals surface area contributed by atoms with Crippen LogP contribution >= 0.6 is 23.4 Å². The molecule has 0 aliphatic heterocycles. The number of urea groups is 1. The molecule has 2 aromatic carbocycles. The number of carbonyl (C=O) groups is 1. The van der Waals surface area contributed by atoms with Gasteiger partial charge in [-0.15, -0.1) is 0 Å². The molecule has 31 heavy (non-hydrogen) atoms. The first-order valence-electron chi connectivity index (χ1n) is 9.84. The number of benzene rings is 2. The standard InChI is InChI=1S/C22H21ClN6OS/c1-3-5-19-14(2)26-21-24-13-25-29(21)20(19)31-18-10-8-16(9-11-18)27-22(30)28-17-7-4-6-15(23)12-17/h4,6-13H,3,5H2,1-2H3,(H2,27,28,30). The van der Waals surface area contributed by atoms with Crippen molar-refractivity contribution in [2.45, 2.75) is 36.6 Å². The number of amides is 2. The van der Waals surface area contributed by atoms with Crippen LogP contribution in [-0.2, 0) is 6.42 Å². The summed E-state index contributed by atoms with van der Waals surface area (Å²) in [5, 5.41) is 11.5. The van der Waals surface area contributed by atoms with Gasteiger partial charge < -0.3 is 10.6 Å². The van der Waals surface area contributed by atoms with Crippen molar-refractivity contribution in [3.63, 3.8) is 0 Å². The molecule has 0 saturated carbocycles. The van der Waals surface area contributed by atoms with E-state index < -0.39 is 0 Å². The highest BCUT2D eigenvalue weighted by atomic mass is 35.5. The van der Waals surface area contributed by atoms with Crippen molar-refractivity contribution >= 4 is 46.5 Å². The predicted octanol–water partition coefficient (Wildman–Crippen LogP) is 5.83. The Balaban J connectivity index is 1.50. The number of aryl methyl sites for hydroxylation is 1. The zero-order valence-corrected chi connectivity index (χ0v) is 18.7. The lowest BCUT2D eigenvalue weighted by Crippen LogP contribution is -2.19. The molecular formula is C22H21ClN6OS. The normalized spacial score (nSPS) is 10.9. The maximum absolute atomic E-state index is 12.2. The van der Waals surface area contributed by atoms with E-state index in [1.165, 1.54) is 11.9 Å². The van der Waals surface area contributed by atoms with Crippen molar-refractivity contribution < 1.29 is 4.79 Å². The summed E-state index contributed by atoms with van der Waals surface area (Å²) in [7, 11) is 0. The fourth-order valence-corrected chi connectivity index (χ4v) is 4.45. The van der Waals surface area contributed by atoms with Crippen molar-refractivity contribution in [1.29, 1.82) is 0 Å². The second kappa shape index (κ2) is 9.36. The molecule has 7 nitrogen and oxygen atoms in total. The molecule has 4 aromatic rings. The summed E-state index contributed by atoms with van der Waals surface area (Å²) in [6, 6.07) is 14.3. The van der Waals surface area contributed by atoms with Crippen molar-refractivity contribution in [3.05, 3.63) is 71.1 Å². The summed E-state index contributed by atoms with van der Waals surface area (Å²) in [6.45, 7) is 4.16. The van der Waals surface area contributed by atoms with Crippen LogP contribution in [0.3, 0.4) is 0 Å². The van der Waals surface area contributed by atoms with E-state index in [1.54, 1.807) is 40.5 Å². The van der Waals surface area contributed by atoms with Gasteiger partial charge in [0.25, 0.3) is 5.78 Å². The molecular weight excluding hydrogens is 432 g/mol. The lowest BCUT2D eigenvalue weighted by molar-refractivity contribution is 0.262. The summed E-state index contributed by atoms with van der Waals surface area (Å²) in [6.07, 6.45) is 3.45. The van der Waals surface area contributed by atoms with Gasteiger partial charge in [0.05, 0.1) is 0 Å². The van der Waals surface area contributed by atoms with Crippen LogP contribution in [0.5, 0.6) is 0 Å². The Morgan fingerprint density at radius 1 is 1.13 bits per heavy atom. The van der Waals surface area contributed by atoms with E-state index in [0.717, 1.165) is 28.5 Å². The SMILES string of the molecule is CCCc1c(C)nc2ncnn2c1Sc1ccc(NC(=O)Nc2cccc(Cl)c2)cc1. The second-order valence-corrected chi connectivity index (χ2v) is 8.42. The number of anilines is 2. The summed E-state index contributed by atoms with van der Waals surface area (Å²) in [4.78, 5) is 22.1. The zero-order chi connectivity index (χ0) is 21.8. The third-order valence-electron chi connectivity index (χ3n) is 4.59. The molecule has 0 atom stereocenters. The average molecular weight is 453 g/mol. The highest BCUT2D eigenvalue weighted by Gasteiger charge is 2.15. The lowest BCUT2D eigenvalue weighted by atomic mass is 10.1. The fourth-order valence-electron chi connectivity index (χ4n) is 3.18. The molecule has 0 unspecified atom stereocenters. The number of nitrogens with zero attached hydrogens (tertiary/aromatic N) is 4. The first kappa shape index (κ1) is 21.1. The van der Waals surface area contributed by atoms with Crippen LogP contribution in [0.15, 0.2) is 64.8 Å². The topological polar surface area (TPSA) is 84.2 Å². The van der Waals surface area contributed by atoms with Crippen molar-refractivity contribution in [2.75, 3.05) is 10.6 Å². The van der Waals surface area contributed by atoms with Gasteiger partial charge in [0.15, 0.2) is 0 Å². The van der Waals surface area contributed by atoms with Crippen molar-refractivity contribution in [3.8, 4) is 0 Å². The number of nitrogens with one attached hydrogen (secondary N) is 2. The Morgan fingerprint density at radius 3 is 2.65 bits per heavy atom. The number of hydrogen-bond donors (Lipinski definition) is 2. The van der Waals surface area contributed by atoms with E-state index in [-0.39, 0.29) is 6.03 Å². The highest BCUT2D eigenvalue weighted by Crippen LogP contribution is 2.33. The maximum Gasteiger partial charge on any atom is 0.323 e. The smallest absolute Gasteiger partial charge is 0.308 e. The minimum atomic E-state index is -0.331. The lowest BCUT2D eigenvalue weighted by Gasteiger charge is -2.13. The summed E-state index contributed by atoms with van der Waals surface area (Å²) in [5.74, 6) is 0.593. The van der Waals surface area contributed by atoms with Gasteiger partial charge in [-0.2, -0.15) is 14.6 Å². The Hall–Kier alpha value is -3.10. The molecule has 0 fully saturated rings. The number of fused-ring (bicyclic) bond motifs is 1. The van der Waals surface area contributed by atoms with Gasteiger partial charge in [0.1, 0.15) is 11.4 Å². The van der Waals surface area contributed by atoms with Gasteiger partial charge in [-0.3, -0.25) is 0 Å². The monoisotopic (exact) mass is 452 g/mol. The van der Waals surface area contributed by atoms with E-state index in [2.05, 4.69) is 32.6 Å². The molecule has 0 spiro atoms. The molecule has 2 N–H and O–H groups in total. The van der Waals surface area contributed by atoms with Gasteiger partial charge in [0.2, 0.25) is 0 Å². The molecule has 0 saturated heterocycles. The molecule has 2 aromatic heterocycles. The molecule has 158 valence electrons. The van der Waals surface area contributed by atoms with Crippen LogP contribution in [0, 0.1) is 6.92 Å². The number of hydrogen-bond acceptors (Lipinski definition) is 5. The summed E-state index contributed by atoms with van der Waals surface area (Å²) >= 11 is 7.57. The Kier molecular flexibility index (Phi) is 6.39. The van der Waals surface area contributed by atoms with Gasteiger partial charge in [-0.1, -0.05) is 42.8 Å². The first-order chi connectivity index (χ1) is 15.0. The van der Waals surface area contributed by atoms with Gasteiger partial charge in [-0.05, 0) is 55.8 Å². The molecule has 9 heteroatoms. The fraction of sp³-hybridized carbons (Fsp3) is 0.182. The third-order valence-corrected chi connectivity index (χ3v) is 5.95. The van der Waals surface area contributed by atoms with Gasteiger partial charge >= 0.3 is 6.03 Å². The van der Waals surface area contributed by atoms with Gasteiger partial charge in [0, 0.05) is 32.6 Å². The molecule has 0 aliphatic carbocycles. The maximum atomic E-state index is 12.2. The summed E-state index contributed by atoms with van der Waals surface area (Å²) < 4.78 is 1.78. The van der Waals surface area contributed by atoms with Crippen LogP contribution < -0.4 is 10.6 Å². The molecule has 0 radical (unpaired) electrons. The van der Waals surface area contributed by atoms with Crippen LogP contribution in [-0.4, -0.2) is 25.6 Å². The number of halogens is 1. The molecule has 4 rings (SSSR count). The molecule has 0 aliphatic rings. The van der Waals surface area contributed by atoms with E-state index in [0.29, 0.717) is 22.2 Å². The molecule has 2 amide bonds. The largest absolute Gasteiger partial charge is 0.323 e.